The van der Waals surface area contributed by atoms with Gasteiger partial charge in [0, 0.05) is 22.2 Å². The average molecular weight is 606 g/mol. The van der Waals surface area contributed by atoms with Gasteiger partial charge in [-0.3, -0.25) is 14.4 Å². The third-order valence-electron chi connectivity index (χ3n) is 8.53. The van der Waals surface area contributed by atoms with Crippen LogP contribution in [0.1, 0.15) is 38.5 Å². The lowest BCUT2D eigenvalue weighted by Crippen LogP contribution is -2.54. The molecule has 0 aromatic heterocycles. The van der Waals surface area contributed by atoms with E-state index >= 15 is 0 Å². The smallest absolute Gasteiger partial charge is 0.271 e. The van der Waals surface area contributed by atoms with Crippen molar-refractivity contribution in [3.05, 3.63) is 129 Å². The van der Waals surface area contributed by atoms with Gasteiger partial charge in [-0.15, -0.1) is 0 Å². The standard InChI is InChI=1S/C33H24BrN3O4/c1-41-22-8-6-7-19(17-22)30(38)36-35-18-33-25-11-4-2-9-23(25)27(24-10-3-5-12-26(24)33)28-29(33)32(40)37(31(28)39)21-15-13-20(34)14-16-21/h2-18,27-29H,1H3,(H,36,38)/b35-18+/t27?,28-,29+,33?/m1/s1. The van der Waals surface area contributed by atoms with Gasteiger partial charge in [-0.25, -0.2) is 10.3 Å². The first-order valence-electron chi connectivity index (χ1n) is 13.3. The van der Waals surface area contributed by atoms with Crippen molar-refractivity contribution in [2.45, 2.75) is 11.3 Å². The molecule has 1 saturated heterocycles. The second-order valence-corrected chi connectivity index (χ2v) is 11.4. The minimum Gasteiger partial charge on any atom is -0.497 e. The molecule has 1 aliphatic heterocycles. The second kappa shape index (κ2) is 9.52. The molecule has 4 aromatic rings. The number of nitrogens with zero attached hydrogens (tertiary/aromatic N) is 2. The molecule has 2 bridgehead atoms. The molecule has 7 nitrogen and oxygen atoms in total. The zero-order valence-electron chi connectivity index (χ0n) is 22.0. The molecule has 3 amide bonds. The summed E-state index contributed by atoms with van der Waals surface area (Å²) in [5.41, 5.74) is 6.34. The Hall–Kier alpha value is -4.56. The van der Waals surface area contributed by atoms with Gasteiger partial charge in [0.15, 0.2) is 0 Å². The number of hydrogen-bond donors (Lipinski definition) is 1. The number of nitrogens with one attached hydrogen (secondary N) is 1. The van der Waals surface area contributed by atoms with Crippen molar-refractivity contribution in [2.24, 2.45) is 16.9 Å². The summed E-state index contributed by atoms with van der Waals surface area (Å²) < 4.78 is 6.10. The number of hydrogen-bond acceptors (Lipinski definition) is 5. The molecule has 41 heavy (non-hydrogen) atoms. The maximum Gasteiger partial charge on any atom is 0.271 e. The third-order valence-corrected chi connectivity index (χ3v) is 9.06. The van der Waals surface area contributed by atoms with Crippen LogP contribution in [-0.4, -0.2) is 31.0 Å². The number of benzene rings is 4. The lowest BCUT2D eigenvalue weighted by Gasteiger charge is -2.52. The highest BCUT2D eigenvalue weighted by Gasteiger charge is 2.68. The van der Waals surface area contributed by atoms with Gasteiger partial charge in [-0.2, -0.15) is 5.10 Å². The first kappa shape index (κ1) is 25.4. The van der Waals surface area contributed by atoms with Crippen LogP contribution in [0.5, 0.6) is 5.75 Å². The van der Waals surface area contributed by atoms with E-state index in [0.29, 0.717) is 17.0 Å². The highest BCUT2D eigenvalue weighted by atomic mass is 79.9. The summed E-state index contributed by atoms with van der Waals surface area (Å²) in [6, 6.07) is 29.8. The number of carbonyl (C=O) groups excluding carboxylic acids is 3. The fourth-order valence-electron chi connectivity index (χ4n) is 6.92. The average Bonchev–Trinajstić information content (AvgIpc) is 3.28. The van der Waals surface area contributed by atoms with Gasteiger partial charge < -0.3 is 4.74 Å². The van der Waals surface area contributed by atoms with Crippen LogP contribution in [0.15, 0.2) is 107 Å². The number of carbonyl (C=O) groups is 3. The summed E-state index contributed by atoms with van der Waals surface area (Å²) in [6.07, 6.45) is 1.66. The molecule has 0 radical (unpaired) electrons. The number of halogens is 1. The Morgan fingerprint density at radius 2 is 1.56 bits per heavy atom. The Balaban J connectivity index is 1.38. The number of amides is 3. The van der Waals surface area contributed by atoms with E-state index in [1.165, 1.54) is 12.0 Å². The molecule has 0 unspecified atom stereocenters. The quantitative estimate of drug-likeness (QED) is 0.187. The number of methoxy groups -OCH3 is 1. The summed E-state index contributed by atoms with van der Waals surface area (Å²) in [4.78, 5) is 42.9. The van der Waals surface area contributed by atoms with Gasteiger partial charge in [-0.05, 0) is 64.7 Å². The van der Waals surface area contributed by atoms with Crippen LogP contribution in [0.4, 0.5) is 5.69 Å². The van der Waals surface area contributed by atoms with Gasteiger partial charge in [0.05, 0.1) is 30.0 Å². The van der Waals surface area contributed by atoms with E-state index in [1.54, 1.807) is 42.6 Å². The van der Waals surface area contributed by atoms with Crippen LogP contribution >= 0.6 is 15.9 Å². The maximum absolute atomic E-state index is 14.4. The molecule has 1 heterocycles. The van der Waals surface area contributed by atoms with Crippen LogP contribution < -0.4 is 15.1 Å². The zero-order valence-corrected chi connectivity index (χ0v) is 23.5. The van der Waals surface area contributed by atoms with Crippen molar-refractivity contribution in [1.29, 1.82) is 0 Å². The number of imide groups is 1. The predicted molar refractivity (Wildman–Crippen MR) is 158 cm³/mol. The van der Waals surface area contributed by atoms with E-state index in [4.69, 9.17) is 4.74 Å². The Kier molecular flexibility index (Phi) is 5.90. The van der Waals surface area contributed by atoms with E-state index in [2.05, 4.69) is 26.5 Å². The van der Waals surface area contributed by atoms with Crippen LogP contribution in [0.25, 0.3) is 0 Å². The predicted octanol–water partition coefficient (Wildman–Crippen LogP) is 5.42. The number of anilines is 1. The van der Waals surface area contributed by atoms with Gasteiger partial charge in [-0.1, -0.05) is 70.5 Å². The van der Waals surface area contributed by atoms with Crippen molar-refractivity contribution in [3.8, 4) is 5.75 Å². The monoisotopic (exact) mass is 605 g/mol. The summed E-state index contributed by atoms with van der Waals surface area (Å²) in [5, 5.41) is 4.47. The lowest BCUT2D eigenvalue weighted by atomic mass is 9.47. The van der Waals surface area contributed by atoms with E-state index in [9.17, 15) is 14.4 Å². The van der Waals surface area contributed by atoms with E-state index in [1.807, 2.05) is 60.7 Å². The minimum absolute atomic E-state index is 0.227. The number of ether oxygens (including phenoxy) is 1. The van der Waals surface area contributed by atoms with E-state index in [0.717, 1.165) is 26.7 Å². The normalized spacial score (nSPS) is 23.8. The van der Waals surface area contributed by atoms with Crippen LogP contribution in [0, 0.1) is 11.8 Å². The Labute approximate surface area is 245 Å². The van der Waals surface area contributed by atoms with Crippen molar-refractivity contribution in [3.63, 3.8) is 0 Å². The Morgan fingerprint density at radius 1 is 0.902 bits per heavy atom. The molecule has 202 valence electrons. The molecule has 0 spiro atoms. The second-order valence-electron chi connectivity index (χ2n) is 10.4. The molecule has 4 aromatic carbocycles. The van der Waals surface area contributed by atoms with Crippen LogP contribution in [0.2, 0.25) is 0 Å². The first-order valence-corrected chi connectivity index (χ1v) is 14.1. The van der Waals surface area contributed by atoms with Gasteiger partial charge >= 0.3 is 0 Å². The summed E-state index contributed by atoms with van der Waals surface area (Å²) in [7, 11) is 1.54. The Morgan fingerprint density at radius 3 is 2.22 bits per heavy atom. The van der Waals surface area contributed by atoms with Crippen LogP contribution in [-0.2, 0) is 15.0 Å². The van der Waals surface area contributed by atoms with E-state index in [-0.39, 0.29) is 17.7 Å². The largest absolute Gasteiger partial charge is 0.497 e. The molecule has 8 rings (SSSR count). The number of rotatable bonds is 5. The SMILES string of the molecule is COc1cccc(C(=O)N/N=C/C23c4ccccc4C(c4ccccc42)[C@H]2C(=O)N(c4ccc(Br)cc4)C(=O)[C@H]23)c1. The minimum atomic E-state index is -1.06. The molecule has 8 heteroatoms. The summed E-state index contributed by atoms with van der Waals surface area (Å²) >= 11 is 3.44. The summed E-state index contributed by atoms with van der Waals surface area (Å²) in [6.45, 7) is 0. The van der Waals surface area contributed by atoms with E-state index < -0.39 is 23.2 Å². The van der Waals surface area contributed by atoms with Crippen LogP contribution in [0.3, 0.4) is 0 Å². The van der Waals surface area contributed by atoms with Crippen molar-refractivity contribution in [2.75, 3.05) is 12.0 Å². The van der Waals surface area contributed by atoms with Gasteiger partial charge in [0.2, 0.25) is 11.8 Å². The van der Waals surface area contributed by atoms with Crippen molar-refractivity contribution < 1.29 is 19.1 Å². The maximum atomic E-state index is 14.4. The van der Waals surface area contributed by atoms with Gasteiger partial charge in [0.1, 0.15) is 5.75 Å². The third kappa shape index (κ3) is 3.63. The molecule has 2 atom stereocenters. The number of hydrazone groups is 1. The highest BCUT2D eigenvalue weighted by Crippen LogP contribution is 2.63. The molecule has 1 fully saturated rings. The molecule has 1 N–H and O–H groups in total. The van der Waals surface area contributed by atoms with Crippen molar-refractivity contribution >= 4 is 45.6 Å². The zero-order chi connectivity index (χ0) is 28.3. The lowest BCUT2D eigenvalue weighted by molar-refractivity contribution is -0.122. The molecular weight excluding hydrogens is 582 g/mol. The molecular formula is C33H24BrN3O4. The molecule has 4 aliphatic rings. The first-order chi connectivity index (χ1) is 20.0. The van der Waals surface area contributed by atoms with Crippen molar-refractivity contribution in [1.82, 2.24) is 5.43 Å². The molecule has 3 aliphatic carbocycles. The highest BCUT2D eigenvalue weighted by molar-refractivity contribution is 9.10. The van der Waals surface area contributed by atoms with Gasteiger partial charge in [0.25, 0.3) is 5.91 Å². The summed E-state index contributed by atoms with van der Waals surface area (Å²) in [5.74, 6) is -1.98. The fourth-order valence-corrected chi connectivity index (χ4v) is 7.18. The molecule has 0 saturated carbocycles. The Bertz CT molecular complexity index is 1720. The fraction of sp³-hybridized carbons (Fsp3) is 0.152. The topological polar surface area (TPSA) is 88.1 Å².